The molecule has 4 saturated carbocycles. The van der Waals surface area contributed by atoms with Gasteiger partial charge in [-0.1, -0.05) is 27.7 Å². The Morgan fingerprint density at radius 2 is 1.53 bits per heavy atom. The molecule has 0 saturated heterocycles. The standard InChI is InChI=1S/C27H36N2O3/c1-17-15-20(8-7-19(17)16-28)32-22-24(3,4)21(25(22,5)6)29-23(31)27-12-9-26(10-13-27,11-14-27)18(2)30/h7-8,15,21-22H,9-14H2,1-6H3,(H,29,31)/t21-,22-,26?,27?. The normalized spacial score (nSPS) is 34.2. The van der Waals surface area contributed by atoms with Crippen LogP contribution in [0.4, 0.5) is 0 Å². The van der Waals surface area contributed by atoms with Gasteiger partial charge in [0.2, 0.25) is 5.91 Å². The van der Waals surface area contributed by atoms with Crippen LogP contribution >= 0.6 is 0 Å². The molecule has 172 valence electrons. The van der Waals surface area contributed by atoms with Crippen molar-refractivity contribution in [3.63, 3.8) is 0 Å². The third-order valence-electron chi connectivity index (χ3n) is 9.16. The molecule has 0 spiro atoms. The lowest BCUT2D eigenvalue weighted by Gasteiger charge is -2.63. The highest BCUT2D eigenvalue weighted by Crippen LogP contribution is 2.59. The number of amides is 1. The van der Waals surface area contributed by atoms with Crippen molar-refractivity contribution in [2.75, 3.05) is 0 Å². The highest BCUT2D eigenvalue weighted by atomic mass is 16.5. The van der Waals surface area contributed by atoms with Crippen LogP contribution in [-0.2, 0) is 9.59 Å². The molecule has 1 N–H and O–H groups in total. The van der Waals surface area contributed by atoms with Gasteiger partial charge in [0.15, 0.2) is 0 Å². The molecule has 5 nitrogen and oxygen atoms in total. The topological polar surface area (TPSA) is 79.2 Å². The van der Waals surface area contributed by atoms with E-state index < -0.39 is 0 Å². The number of aryl methyl sites for hydroxylation is 1. The first-order chi connectivity index (χ1) is 14.9. The van der Waals surface area contributed by atoms with Crippen molar-refractivity contribution in [2.24, 2.45) is 21.7 Å². The van der Waals surface area contributed by atoms with Crippen LogP contribution in [0.25, 0.3) is 0 Å². The number of Topliss-reactive ketones (excluding diaryl/α,β-unsaturated/α-hetero) is 1. The third kappa shape index (κ3) is 3.26. The van der Waals surface area contributed by atoms with Crippen molar-refractivity contribution in [2.45, 2.75) is 92.2 Å². The van der Waals surface area contributed by atoms with Gasteiger partial charge in [0.1, 0.15) is 17.6 Å². The number of hydrogen-bond acceptors (Lipinski definition) is 4. The van der Waals surface area contributed by atoms with Gasteiger partial charge in [-0.2, -0.15) is 5.26 Å². The highest BCUT2D eigenvalue weighted by molar-refractivity contribution is 5.87. The van der Waals surface area contributed by atoms with Crippen LogP contribution in [0.3, 0.4) is 0 Å². The number of benzene rings is 1. The summed E-state index contributed by atoms with van der Waals surface area (Å²) in [5.74, 6) is 1.22. The number of ether oxygens (including phenoxy) is 1. The molecule has 1 amide bonds. The van der Waals surface area contributed by atoms with Crippen LogP contribution in [0.15, 0.2) is 18.2 Å². The average Bonchev–Trinajstić information content (AvgIpc) is 2.76. The Labute approximate surface area is 191 Å². The van der Waals surface area contributed by atoms with Gasteiger partial charge in [-0.05, 0) is 76.1 Å². The smallest absolute Gasteiger partial charge is 0.226 e. The van der Waals surface area contributed by atoms with Gasteiger partial charge < -0.3 is 10.1 Å². The number of nitrogens with one attached hydrogen (secondary N) is 1. The Morgan fingerprint density at radius 3 is 2.00 bits per heavy atom. The molecule has 5 rings (SSSR count). The van der Waals surface area contributed by atoms with Crippen LogP contribution in [-0.4, -0.2) is 23.8 Å². The summed E-state index contributed by atoms with van der Waals surface area (Å²) in [5.41, 5.74) is 0.603. The van der Waals surface area contributed by atoms with Crippen LogP contribution in [0.2, 0.25) is 0 Å². The zero-order valence-corrected chi connectivity index (χ0v) is 20.3. The number of fused-ring (bicyclic) bond motifs is 3. The summed E-state index contributed by atoms with van der Waals surface area (Å²) in [6.07, 6.45) is 4.92. The number of carbonyl (C=O) groups excluding carboxylic acids is 2. The van der Waals surface area contributed by atoms with Crippen LogP contribution < -0.4 is 10.1 Å². The lowest BCUT2D eigenvalue weighted by atomic mass is 9.48. The molecular formula is C27H36N2O3. The predicted molar refractivity (Wildman–Crippen MR) is 123 cm³/mol. The lowest BCUT2D eigenvalue weighted by molar-refractivity contribution is -0.180. The minimum absolute atomic E-state index is 0.00257. The quantitative estimate of drug-likeness (QED) is 0.697. The first-order valence-corrected chi connectivity index (χ1v) is 11.9. The van der Waals surface area contributed by atoms with Gasteiger partial charge in [0.05, 0.1) is 11.6 Å². The Bertz CT molecular complexity index is 960. The Kier molecular flexibility index (Phi) is 5.23. The number of ketones is 1. The summed E-state index contributed by atoms with van der Waals surface area (Å²) in [6, 6.07) is 7.77. The van der Waals surface area contributed by atoms with Gasteiger partial charge >= 0.3 is 0 Å². The van der Waals surface area contributed by atoms with E-state index >= 15 is 0 Å². The van der Waals surface area contributed by atoms with Crippen molar-refractivity contribution < 1.29 is 14.3 Å². The summed E-state index contributed by atoms with van der Waals surface area (Å²) < 4.78 is 6.42. The fourth-order valence-electron chi connectivity index (χ4n) is 7.11. The van der Waals surface area contributed by atoms with E-state index in [1.807, 2.05) is 19.1 Å². The van der Waals surface area contributed by atoms with E-state index in [4.69, 9.17) is 4.74 Å². The maximum atomic E-state index is 13.5. The Balaban J connectivity index is 1.46. The summed E-state index contributed by atoms with van der Waals surface area (Å²) in [6.45, 7) is 12.3. The molecule has 0 radical (unpaired) electrons. The second-order valence-corrected chi connectivity index (χ2v) is 11.8. The van der Waals surface area contributed by atoms with Crippen molar-refractivity contribution in [1.82, 2.24) is 5.32 Å². The molecule has 0 unspecified atom stereocenters. The van der Waals surface area contributed by atoms with E-state index in [1.54, 1.807) is 13.0 Å². The van der Waals surface area contributed by atoms with Gasteiger partial charge in [-0.15, -0.1) is 0 Å². The largest absolute Gasteiger partial charge is 0.489 e. The summed E-state index contributed by atoms with van der Waals surface area (Å²) in [7, 11) is 0. The van der Waals surface area contributed by atoms with E-state index in [0.29, 0.717) is 11.3 Å². The zero-order valence-electron chi connectivity index (χ0n) is 20.3. The highest BCUT2D eigenvalue weighted by Gasteiger charge is 2.65. The van der Waals surface area contributed by atoms with Crippen LogP contribution in [0.1, 0.15) is 84.3 Å². The van der Waals surface area contributed by atoms with Crippen molar-refractivity contribution in [3.05, 3.63) is 29.3 Å². The summed E-state index contributed by atoms with van der Waals surface area (Å²) in [5, 5.41) is 12.6. The molecule has 0 aliphatic heterocycles. The molecule has 4 aliphatic carbocycles. The summed E-state index contributed by atoms with van der Waals surface area (Å²) >= 11 is 0. The number of nitriles is 1. The molecule has 0 aromatic heterocycles. The molecule has 5 heteroatoms. The fourth-order valence-corrected chi connectivity index (χ4v) is 7.11. The number of nitrogens with zero attached hydrogens (tertiary/aromatic N) is 1. The Morgan fingerprint density at radius 1 is 1.00 bits per heavy atom. The lowest BCUT2D eigenvalue weighted by Crippen LogP contribution is -2.75. The van der Waals surface area contributed by atoms with Crippen molar-refractivity contribution in [1.29, 1.82) is 5.26 Å². The molecule has 4 aliphatic rings. The van der Waals surface area contributed by atoms with Crippen molar-refractivity contribution in [3.8, 4) is 11.8 Å². The molecule has 0 atom stereocenters. The molecular weight excluding hydrogens is 400 g/mol. The van der Waals surface area contributed by atoms with E-state index in [1.165, 1.54) is 0 Å². The second kappa shape index (κ2) is 7.33. The van der Waals surface area contributed by atoms with Gasteiger partial charge in [-0.3, -0.25) is 9.59 Å². The maximum absolute atomic E-state index is 13.5. The molecule has 0 heterocycles. The van der Waals surface area contributed by atoms with Crippen molar-refractivity contribution >= 4 is 11.7 Å². The first kappa shape index (κ1) is 22.8. The molecule has 2 bridgehead atoms. The first-order valence-electron chi connectivity index (χ1n) is 11.9. The van der Waals surface area contributed by atoms with E-state index in [-0.39, 0.29) is 39.7 Å². The number of carbonyl (C=O) groups is 2. The monoisotopic (exact) mass is 436 g/mol. The van der Waals surface area contributed by atoms with Crippen LogP contribution in [0, 0.1) is 39.9 Å². The van der Waals surface area contributed by atoms with Gasteiger partial charge in [-0.25, -0.2) is 0 Å². The SMILES string of the molecule is CC(=O)C12CCC(C(=O)N[C@H]3C(C)(C)[C@H](Oc4ccc(C#N)c(C)c4)C3(C)C)(CC1)CC2. The Hall–Kier alpha value is -2.35. The average molecular weight is 437 g/mol. The van der Waals surface area contributed by atoms with E-state index in [9.17, 15) is 14.9 Å². The van der Waals surface area contributed by atoms with E-state index in [0.717, 1.165) is 49.8 Å². The minimum atomic E-state index is -0.320. The van der Waals surface area contributed by atoms with Crippen LogP contribution in [0.5, 0.6) is 5.75 Å². The number of hydrogen-bond donors (Lipinski definition) is 1. The second-order valence-electron chi connectivity index (χ2n) is 11.8. The minimum Gasteiger partial charge on any atom is -0.489 e. The predicted octanol–water partition coefficient (Wildman–Crippen LogP) is 5.09. The number of rotatable bonds is 5. The van der Waals surface area contributed by atoms with Gasteiger partial charge in [0.25, 0.3) is 0 Å². The molecule has 4 fully saturated rings. The zero-order chi connectivity index (χ0) is 23.5. The van der Waals surface area contributed by atoms with Gasteiger partial charge in [0, 0.05) is 27.7 Å². The maximum Gasteiger partial charge on any atom is 0.226 e. The fraction of sp³-hybridized carbons (Fsp3) is 0.667. The third-order valence-corrected chi connectivity index (χ3v) is 9.16. The molecule has 1 aromatic rings. The molecule has 1 aromatic carbocycles. The van der Waals surface area contributed by atoms with E-state index in [2.05, 4.69) is 39.1 Å². The summed E-state index contributed by atoms with van der Waals surface area (Å²) in [4.78, 5) is 25.7. The molecule has 32 heavy (non-hydrogen) atoms.